The van der Waals surface area contributed by atoms with Crippen LogP contribution in [-0.4, -0.2) is 45.9 Å². The maximum atomic E-state index is 12.4. The summed E-state index contributed by atoms with van der Waals surface area (Å²) < 4.78 is 7.26. The fourth-order valence-corrected chi connectivity index (χ4v) is 3.32. The molecule has 1 N–H and O–H groups in total. The van der Waals surface area contributed by atoms with Crippen LogP contribution in [0.4, 0.5) is 10.5 Å². The van der Waals surface area contributed by atoms with Gasteiger partial charge in [-0.2, -0.15) is 0 Å². The second-order valence-electron chi connectivity index (χ2n) is 7.04. The first-order valence-electron chi connectivity index (χ1n) is 9.15. The number of benzene rings is 1. The molecule has 7 heteroatoms. The third-order valence-electron chi connectivity index (χ3n) is 4.92. The highest BCUT2D eigenvalue weighted by Crippen LogP contribution is 2.23. The molecule has 7 nitrogen and oxygen atoms in total. The Hall–Kier alpha value is -2.57. The number of hydrogen-bond acceptors (Lipinski definition) is 4. The number of piperidine rings is 1. The predicted octanol–water partition coefficient (Wildman–Crippen LogP) is 3.35. The normalized spacial score (nSPS) is 15.3. The van der Waals surface area contributed by atoms with Gasteiger partial charge in [0.1, 0.15) is 17.9 Å². The van der Waals surface area contributed by atoms with Crippen LogP contribution in [0, 0.1) is 5.92 Å². The van der Waals surface area contributed by atoms with Crippen LogP contribution in [-0.2, 0) is 6.42 Å². The fourth-order valence-electron chi connectivity index (χ4n) is 3.32. The summed E-state index contributed by atoms with van der Waals surface area (Å²) in [5, 5.41) is 11.3. The molecule has 1 aromatic carbocycles. The van der Waals surface area contributed by atoms with Crippen molar-refractivity contribution < 1.29 is 9.53 Å². The molecule has 0 unspecified atom stereocenters. The highest BCUT2D eigenvalue weighted by atomic mass is 16.5. The molecule has 3 rings (SSSR count). The average molecular weight is 357 g/mol. The summed E-state index contributed by atoms with van der Waals surface area (Å²) in [7, 11) is 1.63. The van der Waals surface area contributed by atoms with Crippen molar-refractivity contribution in [3.05, 3.63) is 36.4 Å². The van der Waals surface area contributed by atoms with Crippen LogP contribution in [0.5, 0.6) is 5.75 Å². The van der Waals surface area contributed by atoms with Gasteiger partial charge in [0, 0.05) is 31.2 Å². The molecule has 0 radical (unpaired) electrons. The maximum absolute atomic E-state index is 12.4. The van der Waals surface area contributed by atoms with E-state index in [1.54, 1.807) is 13.4 Å². The smallest absolute Gasteiger partial charge is 0.321 e. The zero-order valence-corrected chi connectivity index (χ0v) is 15.7. The van der Waals surface area contributed by atoms with Crippen molar-refractivity contribution in [2.75, 3.05) is 25.5 Å². The van der Waals surface area contributed by atoms with Crippen molar-refractivity contribution in [3.63, 3.8) is 0 Å². The molecule has 26 heavy (non-hydrogen) atoms. The van der Waals surface area contributed by atoms with Crippen LogP contribution in [0.2, 0.25) is 0 Å². The first-order valence-corrected chi connectivity index (χ1v) is 9.15. The van der Waals surface area contributed by atoms with Crippen molar-refractivity contribution >= 4 is 11.7 Å². The second-order valence-corrected chi connectivity index (χ2v) is 7.04. The number of nitrogens with one attached hydrogen (secondary N) is 1. The molecule has 1 saturated heterocycles. The number of ether oxygens (including phenoxy) is 1. The van der Waals surface area contributed by atoms with Gasteiger partial charge in [0.15, 0.2) is 0 Å². The van der Waals surface area contributed by atoms with Gasteiger partial charge in [0.05, 0.1) is 7.11 Å². The lowest BCUT2D eigenvalue weighted by molar-refractivity contribution is 0.181. The van der Waals surface area contributed by atoms with E-state index in [-0.39, 0.29) is 6.03 Å². The third-order valence-corrected chi connectivity index (χ3v) is 4.92. The number of likely N-dealkylation sites (tertiary alicyclic amines) is 1. The minimum Gasteiger partial charge on any atom is -0.497 e. The number of amides is 2. The molecule has 1 aliphatic rings. The summed E-state index contributed by atoms with van der Waals surface area (Å²) in [5.41, 5.74) is 0.781. The van der Waals surface area contributed by atoms with E-state index in [0.29, 0.717) is 12.0 Å². The lowest BCUT2D eigenvalue weighted by atomic mass is 9.93. The fraction of sp³-hybridized carbons (Fsp3) is 0.526. The number of methoxy groups -OCH3 is 1. The maximum Gasteiger partial charge on any atom is 0.321 e. The number of carbonyl (C=O) groups excluding carboxylic acids is 1. The SMILES string of the molecule is COc1ccc(NC(=O)N2CCC(Cc3nncn3C(C)C)CC2)cc1. The lowest BCUT2D eigenvalue weighted by Gasteiger charge is -2.32. The van der Waals surface area contributed by atoms with Crippen LogP contribution in [0.15, 0.2) is 30.6 Å². The largest absolute Gasteiger partial charge is 0.497 e. The first-order chi connectivity index (χ1) is 12.6. The van der Waals surface area contributed by atoms with Crippen LogP contribution in [0.3, 0.4) is 0 Å². The van der Waals surface area contributed by atoms with Gasteiger partial charge in [0.25, 0.3) is 0 Å². The van der Waals surface area contributed by atoms with Gasteiger partial charge in [0.2, 0.25) is 0 Å². The first kappa shape index (κ1) is 18.2. The third kappa shape index (κ3) is 4.33. The Morgan fingerprint density at radius 2 is 1.96 bits per heavy atom. The summed E-state index contributed by atoms with van der Waals surface area (Å²) in [6.07, 6.45) is 4.70. The van der Waals surface area contributed by atoms with Gasteiger partial charge in [-0.05, 0) is 56.9 Å². The summed E-state index contributed by atoms with van der Waals surface area (Å²) >= 11 is 0. The molecule has 0 atom stereocenters. The number of aromatic nitrogens is 3. The Kier molecular flexibility index (Phi) is 5.75. The minimum absolute atomic E-state index is 0.0426. The van der Waals surface area contributed by atoms with Gasteiger partial charge in [-0.25, -0.2) is 4.79 Å². The van der Waals surface area contributed by atoms with E-state index in [4.69, 9.17) is 4.74 Å². The highest BCUT2D eigenvalue weighted by Gasteiger charge is 2.24. The standard InChI is InChI=1S/C19H27N5O2/c1-14(2)24-13-20-22-18(24)12-15-8-10-23(11-9-15)19(25)21-16-4-6-17(26-3)7-5-16/h4-7,13-15H,8-12H2,1-3H3,(H,21,25). The predicted molar refractivity (Wildman–Crippen MR) is 100 cm³/mol. The molecule has 2 aromatic rings. The molecule has 1 aromatic heterocycles. The van der Waals surface area contributed by atoms with Gasteiger partial charge in [-0.3, -0.25) is 0 Å². The van der Waals surface area contributed by atoms with Crippen molar-refractivity contribution in [2.24, 2.45) is 5.92 Å². The monoisotopic (exact) mass is 357 g/mol. The van der Waals surface area contributed by atoms with E-state index in [1.165, 1.54) is 0 Å². The van der Waals surface area contributed by atoms with E-state index in [9.17, 15) is 4.79 Å². The highest BCUT2D eigenvalue weighted by molar-refractivity contribution is 5.89. The molecule has 140 valence electrons. The molecule has 2 heterocycles. The zero-order chi connectivity index (χ0) is 18.5. The molecular formula is C19H27N5O2. The summed E-state index contributed by atoms with van der Waals surface area (Å²) in [5.74, 6) is 2.36. The van der Waals surface area contributed by atoms with Gasteiger partial charge >= 0.3 is 6.03 Å². The van der Waals surface area contributed by atoms with Crippen LogP contribution >= 0.6 is 0 Å². The topological polar surface area (TPSA) is 72.3 Å². The number of urea groups is 1. The molecule has 0 bridgehead atoms. The van der Waals surface area contributed by atoms with Gasteiger partial charge in [-0.1, -0.05) is 0 Å². The Labute approximate surface area is 154 Å². The Bertz CT molecular complexity index is 718. The number of rotatable bonds is 5. The molecule has 0 spiro atoms. The van der Waals surface area contributed by atoms with Crippen molar-refractivity contribution in [3.8, 4) is 5.75 Å². The van der Waals surface area contributed by atoms with E-state index in [2.05, 4.69) is 33.9 Å². The second kappa shape index (κ2) is 8.21. The van der Waals surface area contributed by atoms with Crippen LogP contribution < -0.4 is 10.1 Å². The molecule has 0 aliphatic carbocycles. The average Bonchev–Trinajstić information content (AvgIpc) is 3.11. The van der Waals surface area contributed by atoms with Crippen molar-refractivity contribution in [2.45, 2.75) is 39.2 Å². The van der Waals surface area contributed by atoms with E-state index < -0.39 is 0 Å². The van der Waals surface area contributed by atoms with E-state index in [0.717, 1.165) is 49.6 Å². The molecule has 1 aliphatic heterocycles. The van der Waals surface area contributed by atoms with Gasteiger partial charge < -0.3 is 19.5 Å². The zero-order valence-electron chi connectivity index (χ0n) is 15.7. The summed E-state index contributed by atoms with van der Waals surface area (Å²) in [6, 6.07) is 7.71. The minimum atomic E-state index is -0.0426. The molecule has 1 fully saturated rings. The Morgan fingerprint density at radius 3 is 2.58 bits per heavy atom. The van der Waals surface area contributed by atoms with Crippen molar-refractivity contribution in [1.82, 2.24) is 19.7 Å². The quantitative estimate of drug-likeness (QED) is 0.891. The Morgan fingerprint density at radius 1 is 1.27 bits per heavy atom. The van der Waals surface area contributed by atoms with E-state index in [1.807, 2.05) is 29.2 Å². The number of anilines is 1. The van der Waals surface area contributed by atoms with Gasteiger partial charge in [-0.15, -0.1) is 10.2 Å². The number of nitrogens with zero attached hydrogens (tertiary/aromatic N) is 4. The van der Waals surface area contributed by atoms with Crippen LogP contribution in [0.25, 0.3) is 0 Å². The number of hydrogen-bond donors (Lipinski definition) is 1. The van der Waals surface area contributed by atoms with Crippen LogP contribution in [0.1, 0.15) is 38.6 Å². The molecular weight excluding hydrogens is 330 g/mol. The molecule has 0 saturated carbocycles. The lowest BCUT2D eigenvalue weighted by Crippen LogP contribution is -2.41. The number of carbonyl (C=O) groups is 1. The van der Waals surface area contributed by atoms with E-state index >= 15 is 0 Å². The summed E-state index contributed by atoms with van der Waals surface area (Å²) in [6.45, 7) is 5.81. The Balaban J connectivity index is 1.49. The molecule has 2 amide bonds. The summed E-state index contributed by atoms with van der Waals surface area (Å²) in [4.78, 5) is 14.3. The van der Waals surface area contributed by atoms with Crippen molar-refractivity contribution in [1.29, 1.82) is 0 Å².